The number of benzene rings is 2. The largest absolute Gasteiger partial charge is 0.465 e. The van der Waals surface area contributed by atoms with E-state index in [4.69, 9.17) is 4.74 Å². The maximum absolute atomic E-state index is 13.0. The predicted octanol–water partition coefficient (Wildman–Crippen LogP) is 4.76. The molecule has 0 atom stereocenters. The molecule has 0 spiro atoms. The first-order chi connectivity index (χ1) is 14.8. The summed E-state index contributed by atoms with van der Waals surface area (Å²) in [5.41, 5.74) is 1.31. The first-order valence-corrected chi connectivity index (χ1v) is 10.3. The number of aryl methyl sites for hydroxylation is 1. The number of hydrogen-bond donors (Lipinski definition) is 0. The highest BCUT2D eigenvalue weighted by molar-refractivity contribution is 6.01. The van der Waals surface area contributed by atoms with Crippen molar-refractivity contribution in [3.8, 4) is 0 Å². The zero-order chi connectivity index (χ0) is 22.4. The average molecular weight is 433 g/mol. The van der Waals surface area contributed by atoms with Gasteiger partial charge in [-0.3, -0.25) is 4.79 Å². The Kier molecular flexibility index (Phi) is 7.20. The minimum Gasteiger partial charge on any atom is -0.465 e. The second kappa shape index (κ2) is 9.85. The van der Waals surface area contributed by atoms with Crippen molar-refractivity contribution in [1.29, 1.82) is 0 Å². The number of alkyl halides is 3. The fourth-order valence-corrected chi connectivity index (χ4v) is 3.35. The molecule has 0 unspecified atom stereocenters. The van der Waals surface area contributed by atoms with Crippen molar-refractivity contribution in [1.82, 2.24) is 4.90 Å². The van der Waals surface area contributed by atoms with Crippen molar-refractivity contribution >= 4 is 17.6 Å². The van der Waals surface area contributed by atoms with Crippen LogP contribution < -0.4 is 4.90 Å². The zero-order valence-corrected chi connectivity index (χ0v) is 17.7. The Morgan fingerprint density at radius 3 is 2.42 bits per heavy atom. The van der Waals surface area contributed by atoms with Crippen LogP contribution in [-0.4, -0.2) is 49.6 Å². The summed E-state index contributed by atoms with van der Waals surface area (Å²) >= 11 is 0. The van der Waals surface area contributed by atoms with Crippen LogP contribution in [0.15, 0.2) is 53.5 Å². The van der Waals surface area contributed by atoms with E-state index in [2.05, 4.69) is 4.99 Å². The van der Waals surface area contributed by atoms with E-state index in [-0.39, 0.29) is 11.9 Å². The molecule has 1 saturated heterocycles. The maximum atomic E-state index is 13.0. The van der Waals surface area contributed by atoms with Gasteiger partial charge in [-0.1, -0.05) is 30.7 Å². The van der Waals surface area contributed by atoms with Crippen molar-refractivity contribution in [2.24, 2.45) is 4.99 Å². The maximum Gasteiger partial charge on any atom is 0.416 e. The number of ether oxygens (including phenoxy) is 1. The molecule has 31 heavy (non-hydrogen) atoms. The molecule has 0 radical (unpaired) electrons. The van der Waals surface area contributed by atoms with Gasteiger partial charge in [-0.05, 0) is 43.7 Å². The zero-order valence-electron chi connectivity index (χ0n) is 17.7. The normalized spacial score (nSPS) is 15.2. The number of anilines is 1. The molecule has 5 nitrogen and oxygen atoms in total. The summed E-state index contributed by atoms with van der Waals surface area (Å²) in [7, 11) is 0. The molecule has 3 rings (SSSR count). The lowest BCUT2D eigenvalue weighted by molar-refractivity contribution is -0.137. The van der Waals surface area contributed by atoms with Gasteiger partial charge in [-0.25, -0.2) is 0 Å². The van der Waals surface area contributed by atoms with Crippen LogP contribution in [-0.2, 0) is 10.9 Å². The van der Waals surface area contributed by atoms with Crippen LogP contribution in [0.4, 0.5) is 18.9 Å². The number of carbonyl (C=O) groups excluding carboxylic acids is 1. The molecule has 2 aromatic rings. The standard InChI is InChI=1S/C23H26F3N3O2/c1-3-14-31-22(27-21(30)18-7-4-6-17(2)15-18)29-12-10-28(11-13-29)20-9-5-8-19(16-20)23(24,25)26/h4-9,15-16H,3,10-14H2,1-2H3. The van der Waals surface area contributed by atoms with E-state index in [1.165, 1.54) is 12.1 Å². The minimum atomic E-state index is -4.37. The van der Waals surface area contributed by atoms with Crippen molar-refractivity contribution in [2.75, 3.05) is 37.7 Å². The third-order valence-electron chi connectivity index (χ3n) is 4.99. The summed E-state index contributed by atoms with van der Waals surface area (Å²) < 4.78 is 44.8. The number of aliphatic imine (C=N–C) groups is 1. The molecule has 1 fully saturated rings. The number of amidine groups is 1. The highest BCUT2D eigenvalue weighted by atomic mass is 19.4. The fourth-order valence-electron chi connectivity index (χ4n) is 3.35. The molecule has 1 amide bonds. The number of nitrogens with zero attached hydrogens (tertiary/aromatic N) is 3. The second-order valence-corrected chi connectivity index (χ2v) is 7.44. The molecule has 8 heteroatoms. The van der Waals surface area contributed by atoms with Crippen molar-refractivity contribution in [3.05, 3.63) is 65.2 Å². The van der Waals surface area contributed by atoms with Crippen LogP contribution >= 0.6 is 0 Å². The van der Waals surface area contributed by atoms with Gasteiger partial charge in [-0.15, -0.1) is 0 Å². The predicted molar refractivity (Wildman–Crippen MR) is 114 cm³/mol. The van der Waals surface area contributed by atoms with Gasteiger partial charge in [0.15, 0.2) is 0 Å². The van der Waals surface area contributed by atoms with E-state index in [1.54, 1.807) is 24.3 Å². The summed E-state index contributed by atoms with van der Waals surface area (Å²) in [4.78, 5) is 20.6. The molecule has 1 heterocycles. The Morgan fingerprint density at radius 1 is 1.06 bits per heavy atom. The first kappa shape index (κ1) is 22.7. The van der Waals surface area contributed by atoms with Crippen molar-refractivity contribution in [2.45, 2.75) is 26.4 Å². The van der Waals surface area contributed by atoms with Crippen LogP contribution in [0, 0.1) is 6.92 Å². The Balaban J connectivity index is 1.72. The van der Waals surface area contributed by atoms with Gasteiger partial charge < -0.3 is 14.5 Å². The van der Waals surface area contributed by atoms with E-state index in [9.17, 15) is 18.0 Å². The summed E-state index contributed by atoms with van der Waals surface area (Å²) in [5.74, 6) is -0.380. The Bertz CT molecular complexity index is 936. The van der Waals surface area contributed by atoms with Gasteiger partial charge in [-0.2, -0.15) is 18.2 Å². The summed E-state index contributed by atoms with van der Waals surface area (Å²) in [6, 6.07) is 12.8. The fraction of sp³-hybridized carbons (Fsp3) is 0.391. The molecule has 0 bridgehead atoms. The lowest BCUT2D eigenvalue weighted by Gasteiger charge is -2.37. The molecular formula is C23H26F3N3O2. The van der Waals surface area contributed by atoms with Gasteiger partial charge in [0, 0.05) is 37.4 Å². The molecule has 2 aromatic carbocycles. The minimum absolute atomic E-state index is 0.261. The van der Waals surface area contributed by atoms with Crippen LogP contribution in [0.2, 0.25) is 0 Å². The summed E-state index contributed by atoms with van der Waals surface area (Å²) in [5, 5.41) is 0. The topological polar surface area (TPSA) is 45.1 Å². The number of rotatable bonds is 4. The average Bonchev–Trinajstić information content (AvgIpc) is 2.76. The summed E-state index contributed by atoms with van der Waals surface area (Å²) in [6.45, 7) is 6.25. The molecular weight excluding hydrogens is 407 g/mol. The molecule has 1 aliphatic rings. The number of hydrogen-bond acceptors (Lipinski definition) is 3. The number of halogens is 3. The first-order valence-electron chi connectivity index (χ1n) is 10.3. The number of carbonyl (C=O) groups is 1. The van der Waals surface area contributed by atoms with Gasteiger partial charge in [0.1, 0.15) is 0 Å². The lowest BCUT2D eigenvalue weighted by Crippen LogP contribution is -2.49. The monoisotopic (exact) mass is 433 g/mol. The molecule has 0 saturated carbocycles. The third kappa shape index (κ3) is 5.99. The van der Waals surface area contributed by atoms with Crippen LogP contribution in [0.1, 0.15) is 34.8 Å². The van der Waals surface area contributed by atoms with E-state index < -0.39 is 11.7 Å². The molecule has 0 aliphatic carbocycles. The van der Waals surface area contributed by atoms with E-state index in [0.717, 1.165) is 18.1 Å². The van der Waals surface area contributed by atoms with Gasteiger partial charge >= 0.3 is 6.18 Å². The third-order valence-corrected chi connectivity index (χ3v) is 4.99. The quantitative estimate of drug-likeness (QED) is 0.515. The Morgan fingerprint density at radius 2 is 1.77 bits per heavy atom. The molecule has 166 valence electrons. The Hall–Kier alpha value is -3.03. The molecule has 1 aliphatic heterocycles. The van der Waals surface area contributed by atoms with Crippen molar-refractivity contribution < 1.29 is 22.7 Å². The van der Waals surface area contributed by atoms with Gasteiger partial charge in [0.25, 0.3) is 11.9 Å². The van der Waals surface area contributed by atoms with Crippen LogP contribution in [0.5, 0.6) is 0 Å². The highest BCUT2D eigenvalue weighted by Crippen LogP contribution is 2.31. The van der Waals surface area contributed by atoms with Crippen molar-refractivity contribution in [3.63, 3.8) is 0 Å². The molecule has 0 aromatic heterocycles. The van der Waals surface area contributed by atoms with Crippen LogP contribution in [0.3, 0.4) is 0 Å². The van der Waals surface area contributed by atoms with E-state index >= 15 is 0 Å². The summed E-state index contributed by atoms with van der Waals surface area (Å²) in [6.07, 6.45) is -3.61. The smallest absolute Gasteiger partial charge is 0.416 e. The number of piperazine rings is 1. The number of amides is 1. The van der Waals surface area contributed by atoms with Gasteiger partial charge in [0.05, 0.1) is 12.2 Å². The highest BCUT2D eigenvalue weighted by Gasteiger charge is 2.31. The Labute approximate surface area is 180 Å². The molecule has 0 N–H and O–H groups in total. The SMILES string of the molecule is CCCOC(=NC(=O)c1cccc(C)c1)N1CCN(c2cccc(C(F)(F)F)c2)CC1. The van der Waals surface area contributed by atoms with Gasteiger partial charge in [0.2, 0.25) is 0 Å². The van der Waals surface area contributed by atoms with Crippen LogP contribution in [0.25, 0.3) is 0 Å². The second-order valence-electron chi connectivity index (χ2n) is 7.44. The lowest BCUT2D eigenvalue weighted by atomic mass is 10.1. The van der Waals surface area contributed by atoms with E-state index in [1.807, 2.05) is 29.7 Å². The van der Waals surface area contributed by atoms with E-state index in [0.29, 0.717) is 44.0 Å².